The fraction of sp³-hybridized carbons (Fsp3) is 0.188. The number of benzene rings is 2. The van der Waals surface area contributed by atoms with Crippen molar-refractivity contribution in [2.75, 3.05) is 14.2 Å². The molecule has 4 heteroatoms. The number of ether oxygens (including phenoxy) is 3. The summed E-state index contributed by atoms with van der Waals surface area (Å²) in [5.74, 6) is 0.0990. The van der Waals surface area contributed by atoms with Gasteiger partial charge < -0.3 is 14.2 Å². The second kappa shape index (κ2) is 6.84. The number of rotatable bonds is 5. The number of hydrogen-bond donors (Lipinski definition) is 0. The summed E-state index contributed by atoms with van der Waals surface area (Å²) in [6, 6.07) is 15.9. The van der Waals surface area contributed by atoms with Crippen LogP contribution in [0.3, 0.4) is 0 Å². The van der Waals surface area contributed by atoms with Crippen LogP contribution in [-0.2, 0) is 9.47 Å². The Morgan fingerprint density at radius 3 is 2.05 bits per heavy atom. The van der Waals surface area contributed by atoms with Gasteiger partial charge in [-0.1, -0.05) is 30.3 Å². The molecule has 4 nitrogen and oxygen atoms in total. The highest BCUT2D eigenvalue weighted by molar-refractivity contribution is 5.90. The fourth-order valence-electron chi connectivity index (χ4n) is 1.80. The van der Waals surface area contributed by atoms with Crippen molar-refractivity contribution >= 4 is 5.97 Å². The quantitative estimate of drug-likeness (QED) is 0.476. The van der Waals surface area contributed by atoms with Gasteiger partial charge in [0.05, 0.1) is 5.56 Å². The van der Waals surface area contributed by atoms with E-state index >= 15 is 0 Å². The highest BCUT2D eigenvalue weighted by Crippen LogP contribution is 2.21. The zero-order valence-corrected chi connectivity index (χ0v) is 11.4. The van der Waals surface area contributed by atoms with Crippen LogP contribution in [0.15, 0.2) is 54.6 Å². The van der Waals surface area contributed by atoms with E-state index in [2.05, 4.69) is 0 Å². The molecule has 2 rings (SSSR count). The smallest absolute Gasteiger partial charge is 0.343 e. The Morgan fingerprint density at radius 1 is 0.900 bits per heavy atom. The number of carbonyl (C=O) groups excluding carboxylic acids is 1. The Bertz CT molecular complexity index is 544. The number of esters is 1. The summed E-state index contributed by atoms with van der Waals surface area (Å²) in [6.07, 6.45) is -0.422. The first-order valence-electron chi connectivity index (χ1n) is 6.17. The van der Waals surface area contributed by atoms with Gasteiger partial charge in [0.15, 0.2) is 6.29 Å². The van der Waals surface area contributed by atoms with Crippen molar-refractivity contribution in [3.05, 3.63) is 65.7 Å². The third kappa shape index (κ3) is 3.44. The van der Waals surface area contributed by atoms with Crippen LogP contribution < -0.4 is 4.74 Å². The molecule has 0 unspecified atom stereocenters. The molecule has 2 aromatic rings. The summed E-state index contributed by atoms with van der Waals surface area (Å²) in [5, 5.41) is 0. The molecule has 20 heavy (non-hydrogen) atoms. The van der Waals surface area contributed by atoms with Crippen molar-refractivity contribution in [1.82, 2.24) is 0 Å². The Balaban J connectivity index is 2.06. The van der Waals surface area contributed by atoms with Gasteiger partial charge in [-0.25, -0.2) is 4.79 Å². The van der Waals surface area contributed by atoms with E-state index in [0.29, 0.717) is 11.3 Å². The number of methoxy groups -OCH3 is 2. The molecule has 0 aliphatic heterocycles. The predicted molar refractivity (Wildman–Crippen MR) is 74.6 cm³/mol. The molecule has 0 heterocycles. The summed E-state index contributed by atoms with van der Waals surface area (Å²) in [4.78, 5) is 11.9. The second-order valence-electron chi connectivity index (χ2n) is 4.13. The van der Waals surface area contributed by atoms with Crippen LogP contribution in [0.25, 0.3) is 0 Å². The molecular weight excluding hydrogens is 256 g/mol. The zero-order valence-electron chi connectivity index (χ0n) is 11.4. The second-order valence-corrected chi connectivity index (χ2v) is 4.13. The highest BCUT2D eigenvalue weighted by Gasteiger charge is 2.10. The molecule has 2 aromatic carbocycles. The van der Waals surface area contributed by atoms with Crippen LogP contribution in [0.5, 0.6) is 5.75 Å². The molecule has 0 amide bonds. The van der Waals surface area contributed by atoms with Gasteiger partial charge in [-0.2, -0.15) is 0 Å². The van der Waals surface area contributed by atoms with Gasteiger partial charge in [-0.05, 0) is 24.3 Å². The van der Waals surface area contributed by atoms with Gasteiger partial charge in [0.2, 0.25) is 0 Å². The van der Waals surface area contributed by atoms with Crippen molar-refractivity contribution < 1.29 is 19.0 Å². The molecule has 0 spiro atoms. The largest absolute Gasteiger partial charge is 0.423 e. The molecule has 0 saturated carbocycles. The lowest BCUT2D eigenvalue weighted by atomic mass is 10.2. The van der Waals surface area contributed by atoms with Gasteiger partial charge in [-0.15, -0.1) is 0 Å². The lowest BCUT2D eigenvalue weighted by Crippen LogP contribution is -2.08. The minimum Gasteiger partial charge on any atom is -0.423 e. The van der Waals surface area contributed by atoms with Gasteiger partial charge >= 0.3 is 5.97 Å². The Hall–Kier alpha value is -2.17. The van der Waals surface area contributed by atoms with Crippen LogP contribution in [0.4, 0.5) is 0 Å². The standard InChI is InChI=1S/C16H16O4/c1-18-16(19-2)13-8-10-14(11-9-13)20-15(17)12-6-4-3-5-7-12/h3-11,16H,1-2H3. The van der Waals surface area contributed by atoms with Crippen LogP contribution in [0.2, 0.25) is 0 Å². The maximum absolute atomic E-state index is 11.9. The van der Waals surface area contributed by atoms with E-state index in [4.69, 9.17) is 14.2 Å². The topological polar surface area (TPSA) is 44.8 Å². The van der Waals surface area contributed by atoms with Crippen molar-refractivity contribution in [3.8, 4) is 5.75 Å². The number of carbonyl (C=O) groups is 1. The van der Waals surface area contributed by atoms with E-state index in [1.54, 1.807) is 62.8 Å². The van der Waals surface area contributed by atoms with Crippen molar-refractivity contribution in [2.24, 2.45) is 0 Å². The monoisotopic (exact) mass is 272 g/mol. The van der Waals surface area contributed by atoms with Crippen molar-refractivity contribution in [3.63, 3.8) is 0 Å². The van der Waals surface area contributed by atoms with Crippen molar-refractivity contribution in [1.29, 1.82) is 0 Å². The third-order valence-electron chi connectivity index (χ3n) is 2.80. The van der Waals surface area contributed by atoms with E-state index in [1.165, 1.54) is 0 Å². The van der Waals surface area contributed by atoms with Gasteiger partial charge in [-0.3, -0.25) is 0 Å². The van der Waals surface area contributed by atoms with Crippen LogP contribution >= 0.6 is 0 Å². The van der Waals surface area contributed by atoms with E-state index in [-0.39, 0.29) is 5.97 Å². The Kier molecular flexibility index (Phi) is 4.87. The molecule has 0 radical (unpaired) electrons. The zero-order chi connectivity index (χ0) is 14.4. The first kappa shape index (κ1) is 14.2. The molecule has 0 N–H and O–H groups in total. The Labute approximate surface area is 117 Å². The summed E-state index contributed by atoms with van der Waals surface area (Å²) >= 11 is 0. The van der Waals surface area contributed by atoms with E-state index in [1.807, 2.05) is 6.07 Å². The van der Waals surface area contributed by atoms with Crippen LogP contribution in [-0.4, -0.2) is 20.2 Å². The Morgan fingerprint density at radius 2 is 1.50 bits per heavy atom. The molecule has 0 bridgehead atoms. The molecular formula is C16H16O4. The van der Waals surface area contributed by atoms with E-state index < -0.39 is 6.29 Å². The maximum atomic E-state index is 11.9. The third-order valence-corrected chi connectivity index (χ3v) is 2.80. The average Bonchev–Trinajstić information content (AvgIpc) is 2.51. The summed E-state index contributed by atoms with van der Waals surface area (Å²) in [5.41, 5.74) is 1.37. The normalized spacial score (nSPS) is 10.6. The molecule has 104 valence electrons. The number of hydrogen-bond acceptors (Lipinski definition) is 4. The van der Waals surface area contributed by atoms with Crippen molar-refractivity contribution in [2.45, 2.75) is 6.29 Å². The average molecular weight is 272 g/mol. The van der Waals surface area contributed by atoms with Gasteiger partial charge in [0.25, 0.3) is 0 Å². The minimum absolute atomic E-state index is 0.381. The first-order valence-corrected chi connectivity index (χ1v) is 6.17. The van der Waals surface area contributed by atoms with Crippen LogP contribution in [0.1, 0.15) is 22.2 Å². The maximum Gasteiger partial charge on any atom is 0.343 e. The molecule has 0 fully saturated rings. The lowest BCUT2D eigenvalue weighted by Gasteiger charge is -2.13. The van der Waals surface area contributed by atoms with Gasteiger partial charge in [0, 0.05) is 19.8 Å². The summed E-state index contributed by atoms with van der Waals surface area (Å²) in [7, 11) is 3.13. The predicted octanol–water partition coefficient (Wildman–Crippen LogP) is 3.20. The first-order chi connectivity index (χ1) is 9.74. The van der Waals surface area contributed by atoms with E-state index in [9.17, 15) is 4.79 Å². The fourth-order valence-corrected chi connectivity index (χ4v) is 1.80. The minimum atomic E-state index is -0.422. The summed E-state index contributed by atoms with van der Waals surface area (Å²) in [6.45, 7) is 0. The molecule has 0 aliphatic carbocycles. The lowest BCUT2D eigenvalue weighted by molar-refractivity contribution is -0.106. The van der Waals surface area contributed by atoms with Gasteiger partial charge in [0.1, 0.15) is 5.75 Å². The highest BCUT2D eigenvalue weighted by atomic mass is 16.7. The van der Waals surface area contributed by atoms with E-state index in [0.717, 1.165) is 5.56 Å². The molecule has 0 aliphatic rings. The molecule has 0 aromatic heterocycles. The molecule has 0 saturated heterocycles. The summed E-state index contributed by atoms with van der Waals surface area (Å²) < 4.78 is 15.6. The van der Waals surface area contributed by atoms with Crippen LogP contribution in [0, 0.1) is 0 Å². The molecule has 0 atom stereocenters. The SMILES string of the molecule is COC(OC)c1ccc(OC(=O)c2ccccc2)cc1.